The van der Waals surface area contributed by atoms with Crippen LogP contribution in [-0.2, 0) is 14.3 Å². The zero-order valence-electron chi connectivity index (χ0n) is 13.0. The zero-order valence-corrected chi connectivity index (χ0v) is 14.7. The number of hydrogen-bond donors (Lipinski definition) is 0. The minimum absolute atomic E-state index is 0.00617. The van der Waals surface area contributed by atoms with E-state index >= 15 is 0 Å². The summed E-state index contributed by atoms with van der Waals surface area (Å²) < 4.78 is 4.83. The fourth-order valence-electron chi connectivity index (χ4n) is 2.62. The molecule has 3 rings (SSSR count). The Bertz CT molecular complexity index is 654. The first-order valence-electron chi connectivity index (χ1n) is 7.52. The number of nitrogens with zero attached hydrogens (tertiary/aromatic N) is 2. The smallest absolute Gasteiger partial charge is 0.350 e. The van der Waals surface area contributed by atoms with Gasteiger partial charge in [-0.15, -0.1) is 0 Å². The Kier molecular flexibility index (Phi) is 4.72. The largest absolute Gasteiger partial charge is 0.465 e. The number of thiazole rings is 1. The average Bonchev–Trinajstić information content (AvgIpc) is 3.16. The van der Waals surface area contributed by atoms with Crippen LogP contribution >= 0.6 is 23.1 Å². The van der Waals surface area contributed by atoms with E-state index in [4.69, 9.17) is 4.74 Å². The van der Waals surface area contributed by atoms with E-state index in [1.54, 1.807) is 4.90 Å². The van der Waals surface area contributed by atoms with Crippen LogP contribution in [0.1, 0.15) is 47.5 Å². The molecule has 1 atom stereocenters. The normalized spacial score (nSPS) is 20.9. The Balaban J connectivity index is 1.77. The molecule has 2 aliphatic rings. The van der Waals surface area contributed by atoms with Gasteiger partial charge >= 0.3 is 5.97 Å². The number of carbonyl (C=O) groups excluding carboxylic acids is 3. The molecular weight excluding hydrogens is 336 g/mol. The van der Waals surface area contributed by atoms with E-state index in [1.807, 2.05) is 0 Å². The fraction of sp³-hybridized carbons (Fsp3) is 0.600. The van der Waals surface area contributed by atoms with E-state index in [0.29, 0.717) is 34.6 Å². The highest BCUT2D eigenvalue weighted by molar-refractivity contribution is 8.13. The highest BCUT2D eigenvalue weighted by Crippen LogP contribution is 2.45. The lowest BCUT2D eigenvalue weighted by molar-refractivity contribution is -0.117. The minimum Gasteiger partial charge on any atom is -0.465 e. The summed E-state index contributed by atoms with van der Waals surface area (Å²) in [4.78, 5) is 42.0. The van der Waals surface area contributed by atoms with Gasteiger partial charge in [0.2, 0.25) is 5.91 Å². The van der Waals surface area contributed by atoms with Crippen LogP contribution in [0.5, 0.6) is 0 Å². The van der Waals surface area contributed by atoms with Crippen molar-refractivity contribution in [2.75, 3.05) is 24.3 Å². The van der Waals surface area contributed by atoms with Crippen LogP contribution in [0.3, 0.4) is 0 Å². The van der Waals surface area contributed by atoms with Crippen molar-refractivity contribution in [3.05, 3.63) is 10.6 Å². The number of anilines is 1. The maximum Gasteiger partial charge on any atom is 0.350 e. The van der Waals surface area contributed by atoms with Crippen LogP contribution in [0.25, 0.3) is 0 Å². The Morgan fingerprint density at radius 1 is 1.43 bits per heavy atom. The number of carbonyl (C=O) groups is 3. The van der Waals surface area contributed by atoms with Gasteiger partial charge in [-0.25, -0.2) is 9.78 Å². The molecule has 0 aromatic carbocycles. The van der Waals surface area contributed by atoms with Crippen LogP contribution in [0.15, 0.2) is 0 Å². The lowest BCUT2D eigenvalue weighted by atomic mass is 10.1. The van der Waals surface area contributed by atoms with E-state index in [-0.39, 0.29) is 22.9 Å². The second kappa shape index (κ2) is 6.60. The molecule has 2 fully saturated rings. The molecule has 1 aromatic rings. The third-order valence-electron chi connectivity index (χ3n) is 3.94. The van der Waals surface area contributed by atoms with Crippen molar-refractivity contribution in [2.24, 2.45) is 5.92 Å². The molecule has 1 unspecified atom stereocenters. The lowest BCUT2D eigenvalue weighted by Crippen LogP contribution is -2.24. The van der Waals surface area contributed by atoms with Crippen LogP contribution in [0.4, 0.5) is 5.13 Å². The summed E-state index contributed by atoms with van der Waals surface area (Å²) in [6, 6.07) is 0. The second-order valence-corrected chi connectivity index (χ2v) is 8.03. The Labute approximate surface area is 142 Å². The van der Waals surface area contributed by atoms with Gasteiger partial charge in [0, 0.05) is 31.6 Å². The SMILES string of the molecule is COC(=O)c1sc(N2CC(CSC(C)=O)CC2=O)nc1C1CC1. The molecule has 0 spiro atoms. The molecule has 6 nitrogen and oxygen atoms in total. The first-order valence-corrected chi connectivity index (χ1v) is 9.32. The summed E-state index contributed by atoms with van der Waals surface area (Å²) in [5.74, 6) is 0.724. The van der Waals surface area contributed by atoms with E-state index in [0.717, 1.165) is 18.5 Å². The Hall–Kier alpha value is -1.41. The van der Waals surface area contributed by atoms with Crippen LogP contribution < -0.4 is 4.90 Å². The highest BCUT2D eigenvalue weighted by atomic mass is 32.2. The molecular formula is C15H18N2O4S2. The molecule has 23 heavy (non-hydrogen) atoms. The Morgan fingerprint density at radius 3 is 2.78 bits per heavy atom. The molecule has 0 radical (unpaired) electrons. The van der Waals surface area contributed by atoms with E-state index in [9.17, 15) is 14.4 Å². The molecule has 8 heteroatoms. The zero-order chi connectivity index (χ0) is 16.6. The number of methoxy groups -OCH3 is 1. The van der Waals surface area contributed by atoms with Crippen LogP contribution in [0.2, 0.25) is 0 Å². The first kappa shape index (κ1) is 16.4. The number of rotatable bonds is 5. The molecule has 0 N–H and O–H groups in total. The second-order valence-electron chi connectivity index (χ2n) is 5.85. The predicted molar refractivity (Wildman–Crippen MR) is 89.0 cm³/mol. The molecule has 0 bridgehead atoms. The van der Waals surface area contributed by atoms with Gasteiger partial charge in [-0.1, -0.05) is 23.1 Å². The maximum absolute atomic E-state index is 12.3. The molecule has 1 aliphatic heterocycles. The van der Waals surface area contributed by atoms with Gasteiger partial charge in [0.1, 0.15) is 4.88 Å². The topological polar surface area (TPSA) is 76.6 Å². The van der Waals surface area contributed by atoms with Crippen molar-refractivity contribution < 1.29 is 19.1 Å². The minimum atomic E-state index is -0.383. The lowest BCUT2D eigenvalue weighted by Gasteiger charge is -2.12. The quantitative estimate of drug-likeness (QED) is 0.756. The molecule has 2 heterocycles. The van der Waals surface area contributed by atoms with Gasteiger partial charge in [-0.05, 0) is 18.8 Å². The van der Waals surface area contributed by atoms with E-state index in [2.05, 4.69) is 4.98 Å². The fourth-order valence-corrected chi connectivity index (χ4v) is 4.41. The van der Waals surface area contributed by atoms with Crippen molar-refractivity contribution >= 4 is 45.2 Å². The molecule has 1 amide bonds. The summed E-state index contributed by atoms with van der Waals surface area (Å²) in [7, 11) is 1.36. The predicted octanol–water partition coefficient (Wildman–Crippen LogP) is 2.44. The molecule has 124 valence electrons. The first-order chi connectivity index (χ1) is 11.0. The third-order valence-corrected chi connectivity index (χ3v) is 6.05. The van der Waals surface area contributed by atoms with Crippen molar-refractivity contribution in [1.29, 1.82) is 0 Å². The van der Waals surface area contributed by atoms with Crippen LogP contribution in [-0.4, -0.2) is 41.4 Å². The van der Waals surface area contributed by atoms with Gasteiger partial charge in [0.15, 0.2) is 10.2 Å². The summed E-state index contributed by atoms with van der Waals surface area (Å²) >= 11 is 2.48. The van der Waals surface area contributed by atoms with Gasteiger partial charge in [0.25, 0.3) is 0 Å². The summed E-state index contributed by atoms with van der Waals surface area (Å²) in [6.07, 6.45) is 2.48. The standard InChI is InChI=1S/C15H18N2O4S2/c1-8(18)22-7-9-5-11(19)17(6-9)15-16-12(10-3-4-10)13(23-15)14(20)21-2/h9-10H,3-7H2,1-2H3. The maximum atomic E-state index is 12.3. The van der Waals surface area contributed by atoms with Crippen molar-refractivity contribution in [3.8, 4) is 0 Å². The summed E-state index contributed by atoms with van der Waals surface area (Å²) in [5.41, 5.74) is 0.770. The van der Waals surface area contributed by atoms with Gasteiger partial charge in [-0.3, -0.25) is 14.5 Å². The molecule has 1 aromatic heterocycles. The summed E-state index contributed by atoms with van der Waals surface area (Å²) in [6.45, 7) is 2.09. The molecule has 1 aliphatic carbocycles. The van der Waals surface area contributed by atoms with Crippen molar-refractivity contribution in [3.63, 3.8) is 0 Å². The van der Waals surface area contributed by atoms with Crippen molar-refractivity contribution in [2.45, 2.75) is 32.1 Å². The van der Waals surface area contributed by atoms with Gasteiger partial charge < -0.3 is 4.74 Å². The number of thioether (sulfide) groups is 1. The monoisotopic (exact) mass is 354 g/mol. The Morgan fingerprint density at radius 2 is 2.17 bits per heavy atom. The van der Waals surface area contributed by atoms with Crippen LogP contribution in [0, 0.1) is 5.92 Å². The number of ether oxygens (including phenoxy) is 1. The average molecular weight is 354 g/mol. The number of hydrogen-bond acceptors (Lipinski definition) is 7. The summed E-state index contributed by atoms with van der Waals surface area (Å²) in [5, 5.41) is 0.641. The highest BCUT2D eigenvalue weighted by Gasteiger charge is 2.37. The third kappa shape index (κ3) is 3.58. The number of amides is 1. The number of aromatic nitrogens is 1. The van der Waals surface area contributed by atoms with E-state index < -0.39 is 0 Å². The van der Waals surface area contributed by atoms with Gasteiger partial charge in [-0.2, -0.15) is 0 Å². The number of esters is 1. The molecule has 1 saturated heterocycles. The molecule has 1 saturated carbocycles. The van der Waals surface area contributed by atoms with Crippen molar-refractivity contribution in [1.82, 2.24) is 4.98 Å². The van der Waals surface area contributed by atoms with E-state index in [1.165, 1.54) is 37.1 Å². The van der Waals surface area contributed by atoms with Gasteiger partial charge in [0.05, 0.1) is 12.8 Å².